The van der Waals surface area contributed by atoms with Gasteiger partial charge in [0, 0.05) is 13.0 Å². The summed E-state index contributed by atoms with van der Waals surface area (Å²) in [5.74, 6) is -0.951. The first-order chi connectivity index (χ1) is 7.68. The fraction of sp³-hybridized carbons (Fsp3) is 0.455. The molecule has 1 saturated heterocycles. The Labute approximate surface area is 97.5 Å². The minimum Gasteiger partial charge on any atom is -0.480 e. The third kappa shape index (κ3) is 2.24. The lowest BCUT2D eigenvalue weighted by Gasteiger charge is -2.32. The lowest BCUT2D eigenvalue weighted by Crippen LogP contribution is -2.47. The summed E-state index contributed by atoms with van der Waals surface area (Å²) in [6.45, 7) is 0.416. The fourth-order valence-corrected chi connectivity index (χ4v) is 2.61. The molecule has 1 atom stereocenters. The molecule has 0 unspecified atom stereocenters. The molecule has 0 aliphatic carbocycles. The number of rotatable bonds is 3. The van der Waals surface area contributed by atoms with Crippen molar-refractivity contribution in [2.75, 3.05) is 0 Å². The summed E-state index contributed by atoms with van der Waals surface area (Å²) in [7, 11) is 0. The molecule has 86 valence electrons. The number of hydrogen-bond acceptors (Lipinski definition) is 3. The van der Waals surface area contributed by atoms with Crippen LogP contribution in [0.15, 0.2) is 16.8 Å². The molecular formula is C11H13NO3S. The molecule has 0 saturated carbocycles. The molecule has 4 nitrogen and oxygen atoms in total. The molecule has 16 heavy (non-hydrogen) atoms. The monoisotopic (exact) mass is 239 g/mol. The number of aliphatic carboxylic acids is 1. The SMILES string of the molecule is O=C(O)[C@@H]1CCCC(=O)N1Cc1ccsc1. The van der Waals surface area contributed by atoms with Crippen LogP contribution in [0.2, 0.25) is 0 Å². The number of carboxylic acids is 1. The summed E-state index contributed by atoms with van der Waals surface area (Å²) in [5, 5.41) is 12.9. The molecule has 1 amide bonds. The molecule has 1 fully saturated rings. The molecule has 1 aliphatic rings. The van der Waals surface area contributed by atoms with E-state index < -0.39 is 12.0 Å². The number of piperidine rings is 1. The van der Waals surface area contributed by atoms with Crippen molar-refractivity contribution in [1.29, 1.82) is 0 Å². The van der Waals surface area contributed by atoms with Gasteiger partial charge < -0.3 is 10.0 Å². The Morgan fingerprint density at radius 2 is 2.44 bits per heavy atom. The largest absolute Gasteiger partial charge is 0.480 e. The van der Waals surface area contributed by atoms with Gasteiger partial charge in [0.15, 0.2) is 0 Å². The Morgan fingerprint density at radius 3 is 3.06 bits per heavy atom. The maximum atomic E-state index is 11.7. The Bertz CT molecular complexity index is 388. The van der Waals surface area contributed by atoms with E-state index in [1.54, 1.807) is 11.3 Å². The Hall–Kier alpha value is -1.36. The number of carbonyl (C=O) groups is 2. The summed E-state index contributed by atoms with van der Waals surface area (Å²) in [4.78, 5) is 24.2. The van der Waals surface area contributed by atoms with Crippen LogP contribution in [0, 0.1) is 0 Å². The summed E-state index contributed by atoms with van der Waals surface area (Å²) < 4.78 is 0. The van der Waals surface area contributed by atoms with E-state index in [1.165, 1.54) is 4.90 Å². The van der Waals surface area contributed by atoms with E-state index in [0.29, 0.717) is 25.8 Å². The van der Waals surface area contributed by atoms with Crippen LogP contribution >= 0.6 is 11.3 Å². The van der Waals surface area contributed by atoms with Crippen molar-refractivity contribution in [1.82, 2.24) is 4.90 Å². The van der Waals surface area contributed by atoms with Gasteiger partial charge in [-0.05, 0) is 35.2 Å². The second-order valence-electron chi connectivity index (χ2n) is 3.90. The van der Waals surface area contributed by atoms with Gasteiger partial charge in [0.25, 0.3) is 0 Å². The molecule has 0 spiro atoms. The van der Waals surface area contributed by atoms with Crippen molar-refractivity contribution >= 4 is 23.2 Å². The van der Waals surface area contributed by atoms with Crippen LogP contribution < -0.4 is 0 Å². The molecule has 0 radical (unpaired) electrons. The predicted molar refractivity (Wildman–Crippen MR) is 60.1 cm³/mol. The molecule has 1 aliphatic heterocycles. The zero-order valence-electron chi connectivity index (χ0n) is 8.76. The first kappa shape index (κ1) is 11.1. The zero-order chi connectivity index (χ0) is 11.5. The average Bonchev–Trinajstić information content (AvgIpc) is 2.73. The van der Waals surface area contributed by atoms with Crippen molar-refractivity contribution in [3.63, 3.8) is 0 Å². The van der Waals surface area contributed by atoms with E-state index in [4.69, 9.17) is 5.11 Å². The number of thiophene rings is 1. The molecule has 0 aromatic carbocycles. The van der Waals surface area contributed by atoms with E-state index >= 15 is 0 Å². The van der Waals surface area contributed by atoms with E-state index in [-0.39, 0.29) is 5.91 Å². The van der Waals surface area contributed by atoms with Gasteiger partial charge in [-0.2, -0.15) is 11.3 Å². The first-order valence-corrected chi connectivity index (χ1v) is 6.16. The van der Waals surface area contributed by atoms with Crippen LogP contribution in [-0.4, -0.2) is 27.9 Å². The predicted octanol–water partition coefficient (Wildman–Crippen LogP) is 1.71. The lowest BCUT2D eigenvalue weighted by atomic mass is 10.0. The van der Waals surface area contributed by atoms with Crippen molar-refractivity contribution in [2.45, 2.75) is 31.8 Å². The Balaban J connectivity index is 2.13. The lowest BCUT2D eigenvalue weighted by molar-refractivity contribution is -0.153. The Morgan fingerprint density at radius 1 is 1.62 bits per heavy atom. The van der Waals surface area contributed by atoms with Gasteiger partial charge in [0.1, 0.15) is 6.04 Å². The highest BCUT2D eigenvalue weighted by atomic mass is 32.1. The van der Waals surface area contributed by atoms with Crippen LogP contribution in [-0.2, 0) is 16.1 Å². The molecule has 1 N–H and O–H groups in total. The highest BCUT2D eigenvalue weighted by molar-refractivity contribution is 7.07. The maximum absolute atomic E-state index is 11.7. The van der Waals surface area contributed by atoms with E-state index in [2.05, 4.69) is 0 Å². The van der Waals surface area contributed by atoms with Gasteiger partial charge in [-0.25, -0.2) is 4.79 Å². The van der Waals surface area contributed by atoms with Crippen molar-refractivity contribution in [3.8, 4) is 0 Å². The van der Waals surface area contributed by atoms with E-state index in [0.717, 1.165) is 5.56 Å². The molecule has 1 aromatic heterocycles. The fourth-order valence-electron chi connectivity index (χ4n) is 1.95. The van der Waals surface area contributed by atoms with E-state index in [9.17, 15) is 9.59 Å². The van der Waals surface area contributed by atoms with Crippen LogP contribution in [0.5, 0.6) is 0 Å². The van der Waals surface area contributed by atoms with Gasteiger partial charge in [-0.1, -0.05) is 0 Å². The zero-order valence-corrected chi connectivity index (χ0v) is 9.57. The minimum atomic E-state index is -0.900. The highest BCUT2D eigenvalue weighted by Gasteiger charge is 2.32. The maximum Gasteiger partial charge on any atom is 0.326 e. The quantitative estimate of drug-likeness (QED) is 0.873. The average molecular weight is 239 g/mol. The molecule has 5 heteroatoms. The Kier molecular flexibility index (Phi) is 3.24. The first-order valence-electron chi connectivity index (χ1n) is 5.22. The van der Waals surface area contributed by atoms with Crippen LogP contribution in [0.4, 0.5) is 0 Å². The summed E-state index contributed by atoms with van der Waals surface area (Å²) in [6.07, 6.45) is 1.70. The molecule has 0 bridgehead atoms. The van der Waals surface area contributed by atoms with Crippen molar-refractivity contribution < 1.29 is 14.7 Å². The second-order valence-corrected chi connectivity index (χ2v) is 4.68. The number of amides is 1. The van der Waals surface area contributed by atoms with Gasteiger partial charge in [0.2, 0.25) is 5.91 Å². The van der Waals surface area contributed by atoms with Crippen LogP contribution in [0.3, 0.4) is 0 Å². The van der Waals surface area contributed by atoms with Crippen molar-refractivity contribution in [3.05, 3.63) is 22.4 Å². The van der Waals surface area contributed by atoms with Crippen LogP contribution in [0.25, 0.3) is 0 Å². The summed E-state index contributed by atoms with van der Waals surface area (Å²) in [6, 6.07) is 1.27. The van der Waals surface area contributed by atoms with Gasteiger partial charge >= 0.3 is 5.97 Å². The number of carbonyl (C=O) groups excluding carboxylic acids is 1. The second kappa shape index (κ2) is 4.65. The summed E-state index contributed by atoms with van der Waals surface area (Å²) >= 11 is 1.55. The van der Waals surface area contributed by atoms with Gasteiger partial charge in [-0.3, -0.25) is 4.79 Å². The number of nitrogens with zero attached hydrogens (tertiary/aromatic N) is 1. The molecule has 1 aromatic rings. The molecule has 2 heterocycles. The molecular weight excluding hydrogens is 226 g/mol. The standard InChI is InChI=1S/C11H13NO3S/c13-10-3-1-2-9(11(14)15)12(10)6-8-4-5-16-7-8/h4-5,7,9H,1-3,6H2,(H,14,15)/t9-/m0/s1. The smallest absolute Gasteiger partial charge is 0.326 e. The normalized spacial score (nSPS) is 21.1. The van der Waals surface area contributed by atoms with E-state index in [1.807, 2.05) is 16.8 Å². The minimum absolute atomic E-state index is 0.0511. The van der Waals surface area contributed by atoms with Crippen LogP contribution in [0.1, 0.15) is 24.8 Å². The third-order valence-corrected chi connectivity index (χ3v) is 3.51. The van der Waals surface area contributed by atoms with Gasteiger partial charge in [0.05, 0.1) is 0 Å². The third-order valence-electron chi connectivity index (χ3n) is 2.78. The number of carboxylic acid groups (broad SMARTS) is 1. The number of likely N-dealkylation sites (tertiary alicyclic amines) is 1. The highest BCUT2D eigenvalue weighted by Crippen LogP contribution is 2.21. The van der Waals surface area contributed by atoms with Crippen molar-refractivity contribution in [2.24, 2.45) is 0 Å². The molecule has 2 rings (SSSR count). The van der Waals surface area contributed by atoms with Gasteiger partial charge in [-0.15, -0.1) is 0 Å². The number of hydrogen-bond donors (Lipinski definition) is 1. The summed E-state index contributed by atoms with van der Waals surface area (Å²) in [5.41, 5.74) is 1.01. The topological polar surface area (TPSA) is 57.6 Å².